The molecule has 0 saturated heterocycles. The van der Waals surface area contributed by atoms with Gasteiger partial charge in [0.05, 0.1) is 18.5 Å². The van der Waals surface area contributed by atoms with Crippen LogP contribution in [-0.2, 0) is 9.59 Å². The van der Waals surface area contributed by atoms with Crippen molar-refractivity contribution in [1.29, 1.82) is 0 Å². The predicted octanol–water partition coefficient (Wildman–Crippen LogP) is 2.35. The summed E-state index contributed by atoms with van der Waals surface area (Å²) in [6, 6.07) is 12.7. The lowest BCUT2D eigenvalue weighted by Crippen LogP contribution is -2.27. The maximum atomic E-state index is 12.4. The van der Waals surface area contributed by atoms with Crippen molar-refractivity contribution >= 4 is 29.4 Å². The van der Waals surface area contributed by atoms with E-state index in [9.17, 15) is 9.59 Å². The number of rotatable bonds is 7. The molecule has 0 radical (unpaired) electrons. The van der Waals surface area contributed by atoms with E-state index in [0.29, 0.717) is 23.8 Å². The van der Waals surface area contributed by atoms with Gasteiger partial charge >= 0.3 is 0 Å². The number of nitrogens with zero attached hydrogens (tertiary/aromatic N) is 4. The number of carbonyl (C=O) groups excluding carboxylic acids is 2. The van der Waals surface area contributed by atoms with E-state index in [2.05, 4.69) is 10.2 Å². The fourth-order valence-electron chi connectivity index (χ4n) is 2.86. The first-order valence-electron chi connectivity index (χ1n) is 9.50. The lowest BCUT2D eigenvalue weighted by Gasteiger charge is -2.14. The molecule has 0 bridgehead atoms. The van der Waals surface area contributed by atoms with E-state index < -0.39 is 0 Å². The van der Waals surface area contributed by atoms with Crippen molar-refractivity contribution in [3.63, 3.8) is 0 Å². The normalized spacial score (nSPS) is 14.3. The topological polar surface area (TPSA) is 83.8 Å². The van der Waals surface area contributed by atoms with Crippen LogP contribution in [0.5, 0.6) is 11.5 Å². The maximum Gasteiger partial charge on any atom is 0.279 e. The van der Waals surface area contributed by atoms with Gasteiger partial charge in [-0.1, -0.05) is 18.2 Å². The molecule has 1 aliphatic rings. The van der Waals surface area contributed by atoms with Gasteiger partial charge in [0.1, 0.15) is 0 Å². The second-order valence-electron chi connectivity index (χ2n) is 6.79. The number of para-hydroxylation sites is 1. The van der Waals surface area contributed by atoms with E-state index in [-0.39, 0.29) is 18.4 Å². The van der Waals surface area contributed by atoms with Crippen LogP contribution in [0, 0.1) is 0 Å². The smallest absolute Gasteiger partial charge is 0.279 e. The van der Waals surface area contributed by atoms with Crippen LogP contribution in [0.15, 0.2) is 52.7 Å². The molecule has 0 atom stereocenters. The fraction of sp³-hybridized carbons (Fsp3) is 0.273. The number of benzene rings is 2. The number of ether oxygens (including phenoxy) is 2. The summed E-state index contributed by atoms with van der Waals surface area (Å²) in [4.78, 5) is 27.2. The summed E-state index contributed by atoms with van der Waals surface area (Å²) in [6.07, 6.45) is 1.54. The molecule has 3 rings (SSSR count). The Hall–Kier alpha value is -3.68. The van der Waals surface area contributed by atoms with Gasteiger partial charge in [-0.05, 0) is 36.8 Å². The van der Waals surface area contributed by atoms with E-state index >= 15 is 0 Å². The molecule has 2 aromatic carbocycles. The van der Waals surface area contributed by atoms with Crippen molar-refractivity contribution in [2.75, 3.05) is 39.3 Å². The highest BCUT2D eigenvalue weighted by molar-refractivity contribution is 6.54. The summed E-state index contributed by atoms with van der Waals surface area (Å²) in [6.45, 7) is 2.23. The molecule has 0 unspecified atom stereocenters. The van der Waals surface area contributed by atoms with Crippen LogP contribution < -0.4 is 14.4 Å². The lowest BCUT2D eigenvalue weighted by molar-refractivity contribution is -0.130. The molecule has 156 valence electrons. The third kappa shape index (κ3) is 4.48. The number of amides is 2. The zero-order valence-corrected chi connectivity index (χ0v) is 17.5. The Labute approximate surface area is 175 Å². The minimum atomic E-state index is -0.197. The van der Waals surface area contributed by atoms with Crippen LogP contribution >= 0.6 is 0 Å². The first-order chi connectivity index (χ1) is 14.4. The predicted molar refractivity (Wildman–Crippen MR) is 116 cm³/mol. The number of fused-ring (bicyclic) bond motifs is 1. The molecular formula is C22H24N4O4. The van der Waals surface area contributed by atoms with Crippen LogP contribution in [0.3, 0.4) is 0 Å². The quantitative estimate of drug-likeness (QED) is 0.520. The maximum absolute atomic E-state index is 12.4. The second-order valence-corrected chi connectivity index (χ2v) is 6.79. The summed E-state index contributed by atoms with van der Waals surface area (Å²) in [5, 5.41) is 8.23. The molecule has 8 nitrogen and oxygen atoms in total. The van der Waals surface area contributed by atoms with E-state index in [0.717, 1.165) is 16.8 Å². The van der Waals surface area contributed by atoms with Gasteiger partial charge in [-0.2, -0.15) is 5.10 Å². The van der Waals surface area contributed by atoms with Crippen LogP contribution in [0.25, 0.3) is 0 Å². The van der Waals surface area contributed by atoms with Crippen molar-refractivity contribution < 1.29 is 19.1 Å². The molecule has 0 saturated carbocycles. The first kappa shape index (κ1) is 21.0. The summed E-state index contributed by atoms with van der Waals surface area (Å²) in [5.41, 5.74) is 2.59. The minimum Gasteiger partial charge on any atom is -0.490 e. The van der Waals surface area contributed by atoms with E-state index in [1.165, 1.54) is 4.90 Å². The van der Waals surface area contributed by atoms with Gasteiger partial charge in [0.15, 0.2) is 23.8 Å². The molecule has 2 aromatic rings. The van der Waals surface area contributed by atoms with Crippen LogP contribution in [-0.4, -0.2) is 63.0 Å². The number of anilines is 1. The molecule has 8 heteroatoms. The van der Waals surface area contributed by atoms with Gasteiger partial charge in [0.25, 0.3) is 11.8 Å². The van der Waals surface area contributed by atoms with E-state index in [1.807, 2.05) is 31.2 Å². The Morgan fingerprint density at radius 1 is 1.13 bits per heavy atom. The van der Waals surface area contributed by atoms with Gasteiger partial charge < -0.3 is 19.3 Å². The monoisotopic (exact) mass is 408 g/mol. The highest BCUT2D eigenvalue weighted by Crippen LogP contribution is 2.29. The Kier molecular flexibility index (Phi) is 6.46. The van der Waals surface area contributed by atoms with Crippen molar-refractivity contribution in [3.8, 4) is 11.5 Å². The second kappa shape index (κ2) is 9.21. The first-order valence-corrected chi connectivity index (χ1v) is 9.50. The highest BCUT2D eigenvalue weighted by Gasteiger charge is 2.30. The number of hydrogen-bond donors (Lipinski definition) is 0. The van der Waals surface area contributed by atoms with Crippen LogP contribution in [0.4, 0.5) is 5.69 Å². The van der Waals surface area contributed by atoms with Gasteiger partial charge in [0, 0.05) is 26.7 Å². The molecule has 1 heterocycles. The van der Waals surface area contributed by atoms with Crippen molar-refractivity contribution in [3.05, 3.63) is 53.6 Å². The van der Waals surface area contributed by atoms with Crippen LogP contribution in [0.2, 0.25) is 0 Å². The fourth-order valence-corrected chi connectivity index (χ4v) is 2.86. The lowest BCUT2D eigenvalue weighted by atomic mass is 10.1. The largest absolute Gasteiger partial charge is 0.490 e. The molecule has 30 heavy (non-hydrogen) atoms. The molecule has 0 aliphatic carbocycles. The summed E-state index contributed by atoms with van der Waals surface area (Å²) >= 11 is 0. The third-order valence-corrected chi connectivity index (χ3v) is 4.51. The number of hydrogen-bond acceptors (Lipinski definition) is 6. The zero-order chi connectivity index (χ0) is 21.7. The number of carbonyl (C=O) groups is 2. The summed E-state index contributed by atoms with van der Waals surface area (Å²) < 4.78 is 11.2. The van der Waals surface area contributed by atoms with Gasteiger partial charge in [-0.15, -0.1) is 5.10 Å². The Bertz CT molecular complexity index is 1010. The van der Waals surface area contributed by atoms with Crippen molar-refractivity contribution in [2.24, 2.45) is 10.2 Å². The summed E-state index contributed by atoms with van der Waals surface area (Å²) in [7, 11) is 5.05. The SMILES string of the molecule is CCOc1cc(/C=N\N=C2/C(=O)N(C)c3ccccc32)ccc1OCC(=O)N(C)C. The molecular weight excluding hydrogens is 384 g/mol. The Balaban J connectivity index is 1.79. The average molecular weight is 408 g/mol. The molecule has 1 aliphatic heterocycles. The molecule has 0 spiro atoms. The molecule has 0 fully saturated rings. The Morgan fingerprint density at radius 3 is 2.63 bits per heavy atom. The van der Waals surface area contributed by atoms with E-state index in [1.54, 1.807) is 50.5 Å². The van der Waals surface area contributed by atoms with Crippen LogP contribution in [0.1, 0.15) is 18.1 Å². The van der Waals surface area contributed by atoms with Gasteiger partial charge in [-0.3, -0.25) is 9.59 Å². The Morgan fingerprint density at radius 2 is 1.90 bits per heavy atom. The minimum absolute atomic E-state index is 0.0802. The van der Waals surface area contributed by atoms with Gasteiger partial charge in [-0.25, -0.2) is 0 Å². The van der Waals surface area contributed by atoms with Gasteiger partial charge in [0.2, 0.25) is 0 Å². The molecule has 0 aromatic heterocycles. The average Bonchev–Trinajstić information content (AvgIpc) is 2.98. The third-order valence-electron chi connectivity index (χ3n) is 4.51. The van der Waals surface area contributed by atoms with E-state index in [4.69, 9.17) is 9.47 Å². The summed E-state index contributed by atoms with van der Waals surface area (Å²) in [5.74, 6) is 0.628. The number of likely N-dealkylation sites (N-methyl/N-ethyl adjacent to an activating group) is 2. The molecule has 2 amide bonds. The highest BCUT2D eigenvalue weighted by atomic mass is 16.5. The van der Waals surface area contributed by atoms with Crippen molar-refractivity contribution in [1.82, 2.24) is 4.90 Å². The standard InChI is InChI=1S/C22H24N4O4/c1-5-29-19-12-15(10-11-18(19)30-14-20(27)25(2)3)13-23-24-21-16-8-6-7-9-17(16)26(4)22(21)28/h6-13H,5,14H2,1-4H3/b23-13-,24-21-. The molecule has 0 N–H and O–H groups in total. The van der Waals surface area contributed by atoms with Crippen molar-refractivity contribution in [2.45, 2.75) is 6.92 Å². The zero-order valence-electron chi connectivity index (χ0n) is 17.5.